The molecule has 0 aliphatic heterocycles. The van der Waals surface area contributed by atoms with Gasteiger partial charge in [-0.25, -0.2) is 4.68 Å². The van der Waals surface area contributed by atoms with Crippen molar-refractivity contribution in [1.82, 2.24) is 24.5 Å². The number of aryl methyl sites for hydroxylation is 1. The first-order valence-corrected chi connectivity index (χ1v) is 8.54. The number of carbonyl (C=O) groups excluding carboxylic acids is 1. The number of hydrogen-bond acceptors (Lipinski definition) is 4. The molecule has 0 radical (unpaired) electrons. The molecule has 0 saturated carbocycles. The molecule has 0 fully saturated rings. The lowest BCUT2D eigenvalue weighted by Crippen LogP contribution is -2.30. The monoisotopic (exact) mass is 393 g/mol. The van der Waals surface area contributed by atoms with Crippen LogP contribution < -0.4 is 4.74 Å². The fraction of sp³-hybridized carbons (Fsp3) is 0.235. The summed E-state index contributed by atoms with van der Waals surface area (Å²) in [7, 11) is 3.47. The second kappa shape index (κ2) is 7.80. The summed E-state index contributed by atoms with van der Waals surface area (Å²) in [5, 5.41) is 9.24. The molecule has 0 spiro atoms. The molecule has 2 aromatic heterocycles. The molecule has 0 bridgehead atoms. The van der Waals surface area contributed by atoms with Crippen molar-refractivity contribution in [3.63, 3.8) is 0 Å². The number of halogens is 2. The highest BCUT2D eigenvalue weighted by Crippen LogP contribution is 2.23. The lowest BCUT2D eigenvalue weighted by atomic mass is 10.3. The maximum atomic E-state index is 12.8. The standard InChI is InChI=1S/C17H17Cl2N5O2/c1-22(10-15-13(19)9-21-23(15)2)17(25)14-7-8-20-24(14)11-26-16-6-4-3-5-12(16)18/h3-9H,10-11H2,1-2H3. The molecule has 3 aromatic rings. The van der Waals surface area contributed by atoms with Crippen molar-refractivity contribution in [2.45, 2.75) is 13.3 Å². The molecule has 0 N–H and O–H groups in total. The minimum Gasteiger partial charge on any atom is -0.470 e. The Kier molecular flexibility index (Phi) is 5.49. The van der Waals surface area contributed by atoms with E-state index in [0.29, 0.717) is 28.0 Å². The third-order valence-corrected chi connectivity index (χ3v) is 4.49. The molecular weight excluding hydrogens is 377 g/mol. The summed E-state index contributed by atoms with van der Waals surface area (Å²) < 4.78 is 8.78. The quantitative estimate of drug-likeness (QED) is 0.644. The summed E-state index contributed by atoms with van der Waals surface area (Å²) in [6.45, 7) is 0.392. The second-order valence-corrected chi connectivity index (χ2v) is 6.46. The second-order valence-electron chi connectivity index (χ2n) is 5.64. The fourth-order valence-electron chi connectivity index (χ4n) is 2.42. The van der Waals surface area contributed by atoms with Crippen LogP contribution in [0.5, 0.6) is 5.75 Å². The molecule has 136 valence electrons. The van der Waals surface area contributed by atoms with Gasteiger partial charge in [0.05, 0.1) is 28.5 Å². The molecule has 26 heavy (non-hydrogen) atoms. The van der Waals surface area contributed by atoms with Crippen molar-refractivity contribution < 1.29 is 9.53 Å². The Bertz CT molecular complexity index is 902. The SMILES string of the molecule is CN(Cc1c(Cl)cnn1C)C(=O)c1ccnn1COc1ccccc1Cl. The van der Waals surface area contributed by atoms with Crippen LogP contribution in [0.1, 0.15) is 16.2 Å². The van der Waals surface area contributed by atoms with E-state index in [9.17, 15) is 4.79 Å². The molecular formula is C17H17Cl2N5O2. The largest absolute Gasteiger partial charge is 0.470 e. The number of aromatic nitrogens is 4. The Morgan fingerprint density at radius 2 is 1.96 bits per heavy atom. The Labute approximate surface area is 160 Å². The van der Waals surface area contributed by atoms with Crippen LogP contribution in [0, 0.1) is 0 Å². The van der Waals surface area contributed by atoms with Gasteiger partial charge >= 0.3 is 0 Å². The Hall–Kier alpha value is -2.51. The molecule has 9 heteroatoms. The van der Waals surface area contributed by atoms with E-state index < -0.39 is 0 Å². The van der Waals surface area contributed by atoms with Gasteiger partial charge in [0.15, 0.2) is 6.73 Å². The molecule has 0 aliphatic carbocycles. The van der Waals surface area contributed by atoms with E-state index >= 15 is 0 Å². The van der Waals surface area contributed by atoms with Crippen LogP contribution in [0.25, 0.3) is 0 Å². The molecule has 0 atom stereocenters. The van der Waals surface area contributed by atoms with Gasteiger partial charge in [0.25, 0.3) is 5.91 Å². The first kappa shape index (κ1) is 18.3. The molecule has 7 nitrogen and oxygen atoms in total. The van der Waals surface area contributed by atoms with Gasteiger partial charge in [-0.15, -0.1) is 0 Å². The van der Waals surface area contributed by atoms with E-state index in [-0.39, 0.29) is 12.6 Å². The number of carbonyl (C=O) groups is 1. The van der Waals surface area contributed by atoms with Gasteiger partial charge in [0, 0.05) is 20.3 Å². The van der Waals surface area contributed by atoms with E-state index in [1.165, 1.54) is 4.68 Å². The highest BCUT2D eigenvalue weighted by atomic mass is 35.5. The number of nitrogens with zero attached hydrogens (tertiary/aromatic N) is 5. The summed E-state index contributed by atoms with van der Waals surface area (Å²) in [6.07, 6.45) is 3.10. The number of para-hydroxylation sites is 1. The smallest absolute Gasteiger partial charge is 0.272 e. The van der Waals surface area contributed by atoms with E-state index in [0.717, 1.165) is 5.69 Å². The zero-order valence-corrected chi connectivity index (χ0v) is 15.8. The van der Waals surface area contributed by atoms with Crippen molar-refractivity contribution in [2.75, 3.05) is 7.05 Å². The minimum absolute atomic E-state index is 0.0676. The molecule has 0 saturated heterocycles. The number of benzene rings is 1. The summed E-state index contributed by atoms with van der Waals surface area (Å²) >= 11 is 12.2. The number of rotatable bonds is 6. The molecule has 0 aliphatic rings. The van der Waals surface area contributed by atoms with Crippen LogP contribution in [-0.4, -0.2) is 37.4 Å². The van der Waals surface area contributed by atoms with E-state index in [2.05, 4.69) is 10.2 Å². The van der Waals surface area contributed by atoms with Crippen LogP contribution in [-0.2, 0) is 20.3 Å². The van der Waals surface area contributed by atoms with Gasteiger partial charge < -0.3 is 9.64 Å². The zero-order chi connectivity index (χ0) is 18.7. The predicted octanol–water partition coefficient (Wildman–Crippen LogP) is 3.23. The summed E-state index contributed by atoms with van der Waals surface area (Å²) in [4.78, 5) is 14.3. The third-order valence-electron chi connectivity index (χ3n) is 3.86. The van der Waals surface area contributed by atoms with Gasteiger partial charge in [-0.3, -0.25) is 9.48 Å². The molecule has 1 aromatic carbocycles. The van der Waals surface area contributed by atoms with Gasteiger partial charge in [0.1, 0.15) is 11.4 Å². The van der Waals surface area contributed by atoms with E-state index in [1.54, 1.807) is 54.3 Å². The molecule has 3 rings (SSSR count). The van der Waals surface area contributed by atoms with Crippen molar-refractivity contribution in [2.24, 2.45) is 7.05 Å². The van der Waals surface area contributed by atoms with Crippen LogP contribution in [0.15, 0.2) is 42.7 Å². The number of hydrogen-bond donors (Lipinski definition) is 0. The fourth-order valence-corrected chi connectivity index (χ4v) is 2.83. The lowest BCUT2D eigenvalue weighted by molar-refractivity contribution is 0.0759. The molecule has 2 heterocycles. The Morgan fingerprint density at radius 3 is 2.65 bits per heavy atom. The predicted molar refractivity (Wildman–Crippen MR) is 98.3 cm³/mol. The summed E-state index contributed by atoms with van der Waals surface area (Å²) in [5.74, 6) is 0.320. The summed E-state index contributed by atoms with van der Waals surface area (Å²) in [6, 6.07) is 8.76. The lowest BCUT2D eigenvalue weighted by Gasteiger charge is -2.18. The zero-order valence-electron chi connectivity index (χ0n) is 14.3. The minimum atomic E-state index is -0.206. The van der Waals surface area contributed by atoms with Crippen LogP contribution in [0.4, 0.5) is 0 Å². The van der Waals surface area contributed by atoms with Gasteiger partial charge in [-0.1, -0.05) is 35.3 Å². The van der Waals surface area contributed by atoms with Crippen molar-refractivity contribution in [3.05, 3.63) is 64.2 Å². The topological polar surface area (TPSA) is 65.2 Å². The van der Waals surface area contributed by atoms with E-state index in [1.807, 2.05) is 12.1 Å². The number of ether oxygens (including phenoxy) is 1. The maximum Gasteiger partial charge on any atom is 0.272 e. The van der Waals surface area contributed by atoms with Gasteiger partial charge in [0.2, 0.25) is 0 Å². The van der Waals surface area contributed by atoms with Crippen molar-refractivity contribution in [1.29, 1.82) is 0 Å². The number of amides is 1. The van der Waals surface area contributed by atoms with Crippen molar-refractivity contribution in [3.8, 4) is 5.75 Å². The average Bonchev–Trinajstić information content (AvgIpc) is 3.22. The van der Waals surface area contributed by atoms with E-state index in [4.69, 9.17) is 27.9 Å². The first-order valence-electron chi connectivity index (χ1n) is 7.78. The van der Waals surface area contributed by atoms with Crippen LogP contribution in [0.3, 0.4) is 0 Å². The normalized spacial score (nSPS) is 10.8. The highest BCUT2D eigenvalue weighted by Gasteiger charge is 2.19. The molecule has 1 amide bonds. The Balaban J connectivity index is 1.71. The third kappa shape index (κ3) is 3.84. The van der Waals surface area contributed by atoms with Crippen LogP contribution >= 0.6 is 23.2 Å². The maximum absolute atomic E-state index is 12.8. The van der Waals surface area contributed by atoms with Crippen molar-refractivity contribution >= 4 is 29.1 Å². The van der Waals surface area contributed by atoms with Gasteiger partial charge in [-0.2, -0.15) is 10.2 Å². The van der Waals surface area contributed by atoms with Gasteiger partial charge in [-0.05, 0) is 18.2 Å². The first-order chi connectivity index (χ1) is 12.5. The summed E-state index contributed by atoms with van der Waals surface area (Å²) in [5.41, 5.74) is 1.15. The highest BCUT2D eigenvalue weighted by molar-refractivity contribution is 6.32. The average molecular weight is 394 g/mol. The molecule has 0 unspecified atom stereocenters. The Morgan fingerprint density at radius 1 is 1.19 bits per heavy atom. The van der Waals surface area contributed by atoms with Crippen LogP contribution in [0.2, 0.25) is 10.0 Å².